The van der Waals surface area contributed by atoms with Crippen LogP contribution in [0.25, 0.3) is 10.8 Å². The van der Waals surface area contributed by atoms with Crippen molar-refractivity contribution < 1.29 is 9.84 Å². The number of aromatic amines is 1. The molecule has 0 saturated heterocycles. The first kappa shape index (κ1) is 8.62. The maximum absolute atomic E-state index is 11.0. The van der Waals surface area contributed by atoms with Gasteiger partial charge in [0, 0.05) is 11.5 Å². The van der Waals surface area contributed by atoms with Gasteiger partial charge >= 0.3 is 0 Å². The van der Waals surface area contributed by atoms with Gasteiger partial charge in [0.15, 0.2) is 5.88 Å². The standard InChI is InChI=1S/C10H9NO3/c1-14-7-2-3-8-6(4-7)5-9(12)11-10(8)13/h2-5H,1H3,(H2,11,12,13). The monoisotopic (exact) mass is 191 g/mol. The lowest BCUT2D eigenvalue weighted by Gasteiger charge is -2.02. The normalized spacial score (nSPS) is 10.4. The van der Waals surface area contributed by atoms with Crippen molar-refractivity contribution in [2.24, 2.45) is 0 Å². The number of H-pyrrole nitrogens is 1. The third-order valence-corrected chi connectivity index (χ3v) is 2.04. The van der Waals surface area contributed by atoms with Crippen molar-refractivity contribution in [3.05, 3.63) is 34.6 Å². The molecule has 0 amide bonds. The fourth-order valence-corrected chi connectivity index (χ4v) is 1.36. The summed E-state index contributed by atoms with van der Waals surface area (Å²) in [4.78, 5) is 13.4. The first-order valence-electron chi connectivity index (χ1n) is 4.11. The Morgan fingerprint density at radius 1 is 1.36 bits per heavy atom. The van der Waals surface area contributed by atoms with Crippen LogP contribution in [-0.4, -0.2) is 17.2 Å². The van der Waals surface area contributed by atoms with E-state index in [4.69, 9.17) is 4.74 Å². The van der Waals surface area contributed by atoms with E-state index < -0.39 is 0 Å². The van der Waals surface area contributed by atoms with Gasteiger partial charge in [0.25, 0.3) is 5.56 Å². The topological polar surface area (TPSA) is 62.3 Å². The Bertz CT molecular complexity index is 530. The number of hydrogen-bond donors (Lipinski definition) is 2. The van der Waals surface area contributed by atoms with Gasteiger partial charge in [-0.05, 0) is 23.6 Å². The van der Waals surface area contributed by atoms with Crippen LogP contribution in [0.15, 0.2) is 29.1 Å². The van der Waals surface area contributed by atoms with Crippen molar-refractivity contribution in [1.29, 1.82) is 0 Å². The number of pyridine rings is 1. The summed E-state index contributed by atoms with van der Waals surface area (Å²) in [6.07, 6.45) is 0. The van der Waals surface area contributed by atoms with Gasteiger partial charge in [-0.1, -0.05) is 0 Å². The van der Waals surface area contributed by atoms with Gasteiger partial charge in [-0.25, -0.2) is 0 Å². The molecule has 0 spiro atoms. The van der Waals surface area contributed by atoms with Crippen molar-refractivity contribution in [1.82, 2.24) is 4.98 Å². The summed E-state index contributed by atoms with van der Waals surface area (Å²) in [7, 11) is 1.55. The molecular formula is C10H9NO3. The van der Waals surface area contributed by atoms with E-state index in [2.05, 4.69) is 4.98 Å². The molecule has 72 valence electrons. The Morgan fingerprint density at radius 2 is 2.14 bits per heavy atom. The average Bonchev–Trinajstić information content (AvgIpc) is 2.16. The Labute approximate surface area is 79.8 Å². The molecule has 0 atom stereocenters. The third kappa shape index (κ3) is 1.31. The summed E-state index contributed by atoms with van der Waals surface area (Å²) in [6.45, 7) is 0. The molecule has 4 nitrogen and oxygen atoms in total. The molecular weight excluding hydrogens is 182 g/mol. The molecule has 0 aliphatic heterocycles. The minimum Gasteiger partial charge on any atom is -0.497 e. The van der Waals surface area contributed by atoms with Gasteiger partial charge in [-0.2, -0.15) is 0 Å². The third-order valence-electron chi connectivity index (χ3n) is 2.04. The van der Waals surface area contributed by atoms with E-state index >= 15 is 0 Å². The van der Waals surface area contributed by atoms with Gasteiger partial charge in [0.05, 0.1) is 7.11 Å². The molecule has 0 saturated carbocycles. The SMILES string of the molecule is COc1ccc2c(O)[nH]c(=O)cc2c1. The van der Waals surface area contributed by atoms with Crippen LogP contribution in [0.4, 0.5) is 0 Å². The highest BCUT2D eigenvalue weighted by molar-refractivity contribution is 5.87. The summed E-state index contributed by atoms with van der Waals surface area (Å²) >= 11 is 0. The Morgan fingerprint density at radius 3 is 2.86 bits per heavy atom. The van der Waals surface area contributed by atoms with E-state index in [1.54, 1.807) is 25.3 Å². The summed E-state index contributed by atoms with van der Waals surface area (Å²) in [5.41, 5.74) is -0.330. The summed E-state index contributed by atoms with van der Waals surface area (Å²) < 4.78 is 5.01. The van der Waals surface area contributed by atoms with Crippen molar-refractivity contribution in [3.8, 4) is 11.6 Å². The maximum Gasteiger partial charge on any atom is 0.251 e. The number of nitrogens with one attached hydrogen (secondary N) is 1. The number of fused-ring (bicyclic) bond motifs is 1. The fraction of sp³-hybridized carbons (Fsp3) is 0.100. The van der Waals surface area contributed by atoms with Crippen LogP contribution in [0, 0.1) is 0 Å². The number of rotatable bonds is 1. The Kier molecular flexibility index (Phi) is 1.89. The lowest BCUT2D eigenvalue weighted by Crippen LogP contribution is -2.02. The molecule has 1 heterocycles. The number of aromatic nitrogens is 1. The zero-order valence-electron chi connectivity index (χ0n) is 7.57. The molecule has 0 fully saturated rings. The number of aromatic hydroxyl groups is 1. The van der Waals surface area contributed by atoms with Crippen molar-refractivity contribution in [2.75, 3.05) is 7.11 Å². The molecule has 2 N–H and O–H groups in total. The number of ether oxygens (including phenoxy) is 1. The van der Waals surface area contributed by atoms with Gasteiger partial charge < -0.3 is 9.84 Å². The minimum absolute atomic E-state index is 0.116. The average molecular weight is 191 g/mol. The van der Waals surface area contributed by atoms with Crippen LogP contribution < -0.4 is 10.3 Å². The predicted octanol–water partition coefficient (Wildman–Crippen LogP) is 1.24. The molecule has 1 aromatic heterocycles. The fourth-order valence-electron chi connectivity index (χ4n) is 1.36. The smallest absolute Gasteiger partial charge is 0.251 e. The van der Waals surface area contributed by atoms with E-state index in [0.717, 1.165) is 0 Å². The van der Waals surface area contributed by atoms with Crippen molar-refractivity contribution in [3.63, 3.8) is 0 Å². The van der Waals surface area contributed by atoms with E-state index in [0.29, 0.717) is 16.5 Å². The minimum atomic E-state index is -0.330. The molecule has 0 aliphatic rings. The van der Waals surface area contributed by atoms with E-state index in [-0.39, 0.29) is 11.4 Å². The quantitative estimate of drug-likeness (QED) is 0.712. The summed E-state index contributed by atoms with van der Waals surface area (Å²) in [6, 6.07) is 6.53. The highest BCUT2D eigenvalue weighted by atomic mass is 16.5. The predicted molar refractivity (Wildman–Crippen MR) is 52.8 cm³/mol. The lowest BCUT2D eigenvalue weighted by atomic mass is 10.1. The van der Waals surface area contributed by atoms with Gasteiger partial charge in [0.2, 0.25) is 0 Å². The molecule has 4 heteroatoms. The molecule has 0 unspecified atom stereocenters. The first-order valence-corrected chi connectivity index (χ1v) is 4.11. The van der Waals surface area contributed by atoms with Crippen LogP contribution in [0.2, 0.25) is 0 Å². The zero-order valence-corrected chi connectivity index (χ0v) is 7.57. The zero-order chi connectivity index (χ0) is 10.1. The molecule has 1 aromatic carbocycles. The molecule has 2 rings (SSSR count). The van der Waals surface area contributed by atoms with Gasteiger partial charge in [-0.15, -0.1) is 0 Å². The molecule has 0 aliphatic carbocycles. The molecule has 0 radical (unpaired) electrons. The second-order valence-corrected chi connectivity index (χ2v) is 2.94. The summed E-state index contributed by atoms with van der Waals surface area (Å²) in [5, 5.41) is 10.7. The van der Waals surface area contributed by atoms with E-state index in [9.17, 15) is 9.90 Å². The highest BCUT2D eigenvalue weighted by Crippen LogP contribution is 2.24. The van der Waals surface area contributed by atoms with E-state index in [1.807, 2.05) is 0 Å². The van der Waals surface area contributed by atoms with Crippen LogP contribution in [-0.2, 0) is 0 Å². The van der Waals surface area contributed by atoms with Crippen LogP contribution >= 0.6 is 0 Å². The van der Waals surface area contributed by atoms with Crippen molar-refractivity contribution >= 4 is 10.8 Å². The van der Waals surface area contributed by atoms with Gasteiger partial charge in [0.1, 0.15) is 5.75 Å². The Balaban J connectivity index is 2.82. The second kappa shape index (κ2) is 3.06. The molecule has 2 aromatic rings. The number of hydrogen-bond acceptors (Lipinski definition) is 3. The van der Waals surface area contributed by atoms with Crippen LogP contribution in [0.1, 0.15) is 0 Å². The van der Waals surface area contributed by atoms with Crippen LogP contribution in [0.3, 0.4) is 0 Å². The molecule has 0 bridgehead atoms. The second-order valence-electron chi connectivity index (χ2n) is 2.94. The van der Waals surface area contributed by atoms with E-state index in [1.165, 1.54) is 6.07 Å². The largest absolute Gasteiger partial charge is 0.497 e. The summed E-state index contributed by atoms with van der Waals surface area (Å²) in [5.74, 6) is 0.539. The number of benzene rings is 1. The lowest BCUT2D eigenvalue weighted by molar-refractivity contribution is 0.415. The van der Waals surface area contributed by atoms with Gasteiger partial charge in [-0.3, -0.25) is 9.78 Å². The van der Waals surface area contributed by atoms with Crippen molar-refractivity contribution in [2.45, 2.75) is 0 Å². The Hall–Kier alpha value is -1.97. The molecule has 14 heavy (non-hydrogen) atoms. The highest BCUT2D eigenvalue weighted by Gasteiger charge is 2.02. The van der Waals surface area contributed by atoms with Crippen LogP contribution in [0.5, 0.6) is 11.6 Å². The maximum atomic E-state index is 11.0. The first-order chi connectivity index (χ1) is 6.70. The number of methoxy groups -OCH3 is 1.